The third kappa shape index (κ3) is 6.90. The van der Waals surface area contributed by atoms with E-state index in [-0.39, 0.29) is 24.0 Å². The van der Waals surface area contributed by atoms with Crippen LogP contribution in [-0.4, -0.2) is 55.9 Å². The van der Waals surface area contributed by atoms with E-state index in [2.05, 4.69) is 23.2 Å². The van der Waals surface area contributed by atoms with Crippen molar-refractivity contribution in [2.45, 2.75) is 51.4 Å². The van der Waals surface area contributed by atoms with E-state index in [9.17, 15) is 0 Å². The van der Waals surface area contributed by atoms with Crippen molar-refractivity contribution in [1.29, 1.82) is 5.26 Å². The van der Waals surface area contributed by atoms with Crippen LogP contribution < -0.4 is 5.32 Å². The lowest BCUT2D eigenvalue weighted by molar-refractivity contribution is -0.0367. The number of nitrogens with one attached hydrogen (secondary N) is 1. The van der Waals surface area contributed by atoms with Crippen molar-refractivity contribution >= 4 is 29.9 Å². The number of hydrogen-bond acceptors (Lipinski definition) is 4. The molecule has 0 aliphatic carbocycles. The fourth-order valence-electron chi connectivity index (χ4n) is 3.53. The van der Waals surface area contributed by atoms with Crippen LogP contribution in [0, 0.1) is 11.3 Å². The molecule has 2 fully saturated rings. The molecule has 0 aromatic heterocycles. The Morgan fingerprint density at radius 1 is 1.29 bits per heavy atom. The first kappa shape index (κ1) is 22.9. The Morgan fingerprint density at radius 2 is 2.04 bits per heavy atom. The highest BCUT2D eigenvalue weighted by molar-refractivity contribution is 14.0. The molecule has 1 aromatic carbocycles. The van der Waals surface area contributed by atoms with Gasteiger partial charge in [-0.05, 0) is 50.3 Å². The van der Waals surface area contributed by atoms with Gasteiger partial charge in [-0.1, -0.05) is 12.1 Å². The lowest BCUT2D eigenvalue weighted by atomic mass is 10.1. The van der Waals surface area contributed by atoms with Gasteiger partial charge in [0, 0.05) is 26.2 Å². The maximum absolute atomic E-state index is 8.90. The van der Waals surface area contributed by atoms with E-state index in [1.165, 1.54) is 0 Å². The van der Waals surface area contributed by atoms with Crippen LogP contribution in [0.15, 0.2) is 29.3 Å². The summed E-state index contributed by atoms with van der Waals surface area (Å²) in [4.78, 5) is 7.10. The molecule has 1 atom stereocenters. The number of nitriles is 1. The van der Waals surface area contributed by atoms with Crippen LogP contribution in [0.3, 0.4) is 0 Å². The number of rotatable bonds is 6. The molecule has 0 radical (unpaired) electrons. The second kappa shape index (κ2) is 12.2. The molecular formula is C21H31IN4O2. The van der Waals surface area contributed by atoms with E-state index in [4.69, 9.17) is 19.7 Å². The second-order valence-corrected chi connectivity index (χ2v) is 7.13. The van der Waals surface area contributed by atoms with Gasteiger partial charge in [0.25, 0.3) is 0 Å². The zero-order valence-electron chi connectivity index (χ0n) is 16.6. The van der Waals surface area contributed by atoms with Crippen LogP contribution in [-0.2, 0) is 16.0 Å². The molecule has 6 nitrogen and oxygen atoms in total. The fraction of sp³-hybridized carbons (Fsp3) is 0.619. The second-order valence-electron chi connectivity index (χ2n) is 7.13. The maximum Gasteiger partial charge on any atom is 0.194 e. The zero-order valence-corrected chi connectivity index (χ0v) is 18.9. The molecule has 2 saturated heterocycles. The molecule has 0 amide bonds. The first-order valence-electron chi connectivity index (χ1n) is 10.0. The van der Waals surface area contributed by atoms with E-state index in [0.29, 0.717) is 24.3 Å². The summed E-state index contributed by atoms with van der Waals surface area (Å²) in [5.41, 5.74) is 1.79. The van der Waals surface area contributed by atoms with Crippen LogP contribution in [0.4, 0.5) is 0 Å². The van der Waals surface area contributed by atoms with Crippen molar-refractivity contribution in [2.75, 3.05) is 32.8 Å². The molecule has 2 aliphatic heterocycles. The van der Waals surface area contributed by atoms with Crippen molar-refractivity contribution in [3.8, 4) is 6.07 Å². The topological polar surface area (TPSA) is 69.9 Å². The van der Waals surface area contributed by atoms with Gasteiger partial charge in [0.2, 0.25) is 0 Å². The van der Waals surface area contributed by atoms with Gasteiger partial charge in [-0.15, -0.1) is 24.0 Å². The van der Waals surface area contributed by atoms with Crippen molar-refractivity contribution in [3.05, 3.63) is 35.4 Å². The van der Waals surface area contributed by atoms with E-state index in [1.54, 1.807) is 0 Å². The predicted octanol–water partition coefficient (Wildman–Crippen LogP) is 3.30. The van der Waals surface area contributed by atoms with E-state index in [0.717, 1.165) is 70.1 Å². The Kier molecular flexibility index (Phi) is 10.0. The largest absolute Gasteiger partial charge is 0.376 e. The van der Waals surface area contributed by atoms with Gasteiger partial charge in [-0.25, -0.2) is 4.99 Å². The number of hydrogen-bond donors (Lipinski definition) is 1. The number of aliphatic imine (C=N–C) groups is 1. The Labute approximate surface area is 185 Å². The maximum atomic E-state index is 8.90. The summed E-state index contributed by atoms with van der Waals surface area (Å²) in [6.07, 6.45) is 4.96. The minimum Gasteiger partial charge on any atom is -0.376 e. The SMILES string of the molecule is CCNC(=NCc1ccc(C#N)cc1)N1CCC(OCC2CCCO2)CC1.I. The summed E-state index contributed by atoms with van der Waals surface area (Å²) < 4.78 is 11.7. The van der Waals surface area contributed by atoms with Gasteiger partial charge in [-0.3, -0.25) is 0 Å². The predicted molar refractivity (Wildman–Crippen MR) is 121 cm³/mol. The van der Waals surface area contributed by atoms with Gasteiger partial charge in [0.05, 0.1) is 37.0 Å². The summed E-state index contributed by atoms with van der Waals surface area (Å²) in [5.74, 6) is 0.958. The van der Waals surface area contributed by atoms with Crippen molar-refractivity contribution < 1.29 is 9.47 Å². The summed E-state index contributed by atoms with van der Waals surface area (Å²) in [6, 6.07) is 9.77. The summed E-state index contributed by atoms with van der Waals surface area (Å²) >= 11 is 0. The molecule has 3 rings (SSSR count). The quantitative estimate of drug-likeness (QED) is 0.371. The Hall–Kier alpha value is -1.37. The van der Waals surface area contributed by atoms with Crippen molar-refractivity contribution in [3.63, 3.8) is 0 Å². The Morgan fingerprint density at radius 3 is 2.64 bits per heavy atom. The third-order valence-electron chi connectivity index (χ3n) is 5.11. The molecule has 0 bridgehead atoms. The van der Waals surface area contributed by atoms with Gasteiger partial charge >= 0.3 is 0 Å². The van der Waals surface area contributed by atoms with Crippen LogP contribution in [0.25, 0.3) is 0 Å². The molecular weight excluding hydrogens is 467 g/mol. The van der Waals surface area contributed by atoms with Crippen LogP contribution in [0.5, 0.6) is 0 Å². The Balaban J connectivity index is 0.00000280. The van der Waals surface area contributed by atoms with E-state index < -0.39 is 0 Å². The molecule has 0 saturated carbocycles. The number of halogens is 1. The molecule has 2 heterocycles. The smallest absolute Gasteiger partial charge is 0.194 e. The first-order valence-corrected chi connectivity index (χ1v) is 10.0. The molecule has 1 N–H and O–H groups in total. The number of nitrogens with zero attached hydrogens (tertiary/aromatic N) is 3. The first-order chi connectivity index (χ1) is 13.3. The van der Waals surface area contributed by atoms with Gasteiger partial charge in [-0.2, -0.15) is 5.26 Å². The third-order valence-corrected chi connectivity index (χ3v) is 5.11. The molecule has 7 heteroatoms. The van der Waals surface area contributed by atoms with Gasteiger partial charge in [0.15, 0.2) is 5.96 Å². The lowest BCUT2D eigenvalue weighted by Gasteiger charge is -2.34. The highest BCUT2D eigenvalue weighted by atomic mass is 127. The summed E-state index contributed by atoms with van der Waals surface area (Å²) in [7, 11) is 0. The van der Waals surface area contributed by atoms with Crippen LogP contribution in [0.2, 0.25) is 0 Å². The minimum atomic E-state index is 0. The van der Waals surface area contributed by atoms with Crippen LogP contribution in [0.1, 0.15) is 43.7 Å². The average Bonchev–Trinajstić information content (AvgIpc) is 3.24. The monoisotopic (exact) mass is 498 g/mol. The molecule has 1 aromatic rings. The van der Waals surface area contributed by atoms with E-state index in [1.807, 2.05) is 24.3 Å². The zero-order chi connectivity index (χ0) is 18.9. The molecule has 0 spiro atoms. The van der Waals surface area contributed by atoms with Crippen molar-refractivity contribution in [1.82, 2.24) is 10.2 Å². The molecule has 28 heavy (non-hydrogen) atoms. The molecule has 2 aliphatic rings. The summed E-state index contributed by atoms with van der Waals surface area (Å²) in [5, 5.41) is 12.3. The highest BCUT2D eigenvalue weighted by Crippen LogP contribution is 2.18. The standard InChI is InChI=1S/C21H30N4O2.HI/c1-2-23-21(24-15-18-7-5-17(14-22)6-8-18)25-11-9-19(10-12-25)27-16-20-4-3-13-26-20;/h5-8,19-20H,2-4,9-13,15-16H2,1H3,(H,23,24);1H. The number of piperidine rings is 1. The normalized spacial score (nSPS) is 20.5. The lowest BCUT2D eigenvalue weighted by Crippen LogP contribution is -2.47. The molecule has 154 valence electrons. The van der Waals surface area contributed by atoms with Gasteiger partial charge < -0.3 is 19.7 Å². The molecule has 1 unspecified atom stereocenters. The highest BCUT2D eigenvalue weighted by Gasteiger charge is 2.24. The number of benzene rings is 1. The van der Waals surface area contributed by atoms with Crippen molar-refractivity contribution in [2.24, 2.45) is 4.99 Å². The number of likely N-dealkylation sites (tertiary alicyclic amines) is 1. The number of ether oxygens (including phenoxy) is 2. The number of guanidine groups is 1. The van der Waals surface area contributed by atoms with Gasteiger partial charge in [0.1, 0.15) is 0 Å². The fourth-order valence-corrected chi connectivity index (χ4v) is 3.53. The van der Waals surface area contributed by atoms with E-state index >= 15 is 0 Å². The minimum absolute atomic E-state index is 0. The van der Waals surface area contributed by atoms with Crippen LogP contribution >= 0.6 is 24.0 Å². The summed E-state index contributed by atoms with van der Waals surface area (Å²) in [6.45, 7) is 7.08. The Bertz CT molecular complexity index is 645. The average molecular weight is 498 g/mol.